The van der Waals surface area contributed by atoms with E-state index in [-0.39, 0.29) is 5.92 Å². The highest BCUT2D eigenvalue weighted by atomic mass is 15.3. The molecule has 0 saturated carbocycles. The maximum atomic E-state index is 5.54. The minimum Gasteiger partial charge on any atom is -0.366 e. The molecule has 112 valence electrons. The summed E-state index contributed by atoms with van der Waals surface area (Å²) in [4.78, 5) is 13.2. The third-order valence-electron chi connectivity index (χ3n) is 3.41. The summed E-state index contributed by atoms with van der Waals surface area (Å²) in [5, 5.41) is 3.35. The molecule has 0 radical (unpaired) electrons. The van der Waals surface area contributed by atoms with Gasteiger partial charge in [0.2, 0.25) is 0 Å². The lowest BCUT2D eigenvalue weighted by atomic mass is 10.1. The number of nitrogens with zero attached hydrogens (tertiary/aromatic N) is 3. The number of nitrogen functional groups attached to an aromatic ring is 1. The van der Waals surface area contributed by atoms with Gasteiger partial charge in [0.15, 0.2) is 0 Å². The molecule has 0 aromatic carbocycles. The molecular weight excluding hydrogens is 264 g/mol. The maximum Gasteiger partial charge on any atom is 0.148 e. The number of nitrogens with one attached hydrogen (secondary N) is 2. The number of anilines is 2. The zero-order valence-corrected chi connectivity index (χ0v) is 12.9. The largest absolute Gasteiger partial charge is 0.366 e. The van der Waals surface area contributed by atoms with Crippen molar-refractivity contribution in [1.29, 1.82) is 0 Å². The normalized spacial score (nSPS) is 10.8. The molecule has 0 fully saturated rings. The third kappa shape index (κ3) is 3.46. The van der Waals surface area contributed by atoms with Gasteiger partial charge < -0.3 is 10.7 Å². The highest BCUT2D eigenvalue weighted by Crippen LogP contribution is 2.23. The number of hydrogen-bond donors (Lipinski definition) is 3. The van der Waals surface area contributed by atoms with E-state index in [1.165, 1.54) is 5.56 Å². The smallest absolute Gasteiger partial charge is 0.148 e. The number of hydrazine groups is 1. The first-order valence-electron chi connectivity index (χ1n) is 7.01. The van der Waals surface area contributed by atoms with Crippen molar-refractivity contribution in [3.05, 3.63) is 41.0 Å². The molecule has 2 aromatic heterocycles. The number of hydrogen-bond acceptors (Lipinski definition) is 6. The second-order valence-corrected chi connectivity index (χ2v) is 5.36. The van der Waals surface area contributed by atoms with Crippen molar-refractivity contribution in [2.45, 2.75) is 40.2 Å². The first-order chi connectivity index (χ1) is 10.0. The van der Waals surface area contributed by atoms with Gasteiger partial charge >= 0.3 is 0 Å². The Labute approximate surface area is 125 Å². The van der Waals surface area contributed by atoms with Crippen molar-refractivity contribution in [2.75, 3.05) is 10.7 Å². The molecule has 2 heterocycles. The second-order valence-electron chi connectivity index (χ2n) is 5.36. The minimum absolute atomic E-state index is 0.235. The topological polar surface area (TPSA) is 88.8 Å². The van der Waals surface area contributed by atoms with Crippen molar-refractivity contribution in [3.63, 3.8) is 0 Å². The van der Waals surface area contributed by atoms with E-state index in [4.69, 9.17) is 5.84 Å². The first kappa shape index (κ1) is 15.2. The molecule has 0 spiro atoms. The van der Waals surface area contributed by atoms with E-state index in [2.05, 4.69) is 46.5 Å². The molecule has 0 unspecified atom stereocenters. The van der Waals surface area contributed by atoms with E-state index in [1.807, 2.05) is 19.2 Å². The van der Waals surface area contributed by atoms with Crippen LogP contribution in [0.1, 0.15) is 42.3 Å². The van der Waals surface area contributed by atoms with Crippen LogP contribution < -0.4 is 16.6 Å². The van der Waals surface area contributed by atoms with Gasteiger partial charge in [-0.15, -0.1) is 0 Å². The van der Waals surface area contributed by atoms with Crippen LogP contribution in [0.3, 0.4) is 0 Å². The highest BCUT2D eigenvalue weighted by Gasteiger charge is 2.12. The average Bonchev–Trinajstić information content (AvgIpc) is 2.47. The fourth-order valence-corrected chi connectivity index (χ4v) is 1.97. The number of rotatable bonds is 5. The van der Waals surface area contributed by atoms with Crippen LogP contribution in [0.4, 0.5) is 11.6 Å². The zero-order chi connectivity index (χ0) is 15.4. The Morgan fingerprint density at radius 3 is 2.52 bits per heavy atom. The van der Waals surface area contributed by atoms with Crippen molar-refractivity contribution in [1.82, 2.24) is 15.0 Å². The fraction of sp³-hybridized carbons (Fsp3) is 0.400. The van der Waals surface area contributed by atoms with Crippen molar-refractivity contribution >= 4 is 11.6 Å². The Bertz CT molecular complexity index is 624. The van der Waals surface area contributed by atoms with Gasteiger partial charge in [0.05, 0.1) is 0 Å². The molecule has 0 aliphatic heterocycles. The van der Waals surface area contributed by atoms with E-state index < -0.39 is 0 Å². The van der Waals surface area contributed by atoms with Crippen molar-refractivity contribution in [3.8, 4) is 0 Å². The molecule has 0 aliphatic rings. The number of pyridine rings is 1. The van der Waals surface area contributed by atoms with Crippen LogP contribution in [-0.4, -0.2) is 15.0 Å². The van der Waals surface area contributed by atoms with Gasteiger partial charge in [-0.3, -0.25) is 4.98 Å². The van der Waals surface area contributed by atoms with E-state index in [9.17, 15) is 0 Å². The second kappa shape index (κ2) is 6.49. The molecule has 6 nitrogen and oxygen atoms in total. The maximum absolute atomic E-state index is 5.54. The number of aromatic nitrogens is 3. The van der Waals surface area contributed by atoms with Gasteiger partial charge in [0.25, 0.3) is 0 Å². The minimum atomic E-state index is 0.235. The lowest BCUT2D eigenvalue weighted by Gasteiger charge is -2.15. The molecule has 2 aromatic rings. The summed E-state index contributed by atoms with van der Waals surface area (Å²) in [6, 6.07) is 2.00. The Balaban J connectivity index is 2.27. The van der Waals surface area contributed by atoms with Gasteiger partial charge in [-0.05, 0) is 31.0 Å². The molecule has 0 saturated heterocycles. The summed E-state index contributed by atoms with van der Waals surface area (Å²) in [6.07, 6.45) is 3.66. The SMILES string of the molecule is Cc1ccncc1CNc1nc(C(C)C)nc(NN)c1C. The van der Waals surface area contributed by atoms with Crippen LogP contribution in [-0.2, 0) is 6.54 Å². The summed E-state index contributed by atoms with van der Waals surface area (Å²) in [6.45, 7) is 8.79. The Hall–Kier alpha value is -2.21. The van der Waals surface area contributed by atoms with Crippen LogP contribution in [0.25, 0.3) is 0 Å². The lowest BCUT2D eigenvalue weighted by molar-refractivity contribution is 0.772. The molecule has 6 heteroatoms. The summed E-state index contributed by atoms with van der Waals surface area (Å²) < 4.78 is 0. The Morgan fingerprint density at radius 2 is 1.90 bits per heavy atom. The van der Waals surface area contributed by atoms with E-state index in [1.54, 1.807) is 6.20 Å². The molecule has 0 amide bonds. The summed E-state index contributed by atoms with van der Waals surface area (Å²) in [5.74, 6) is 7.99. The van der Waals surface area contributed by atoms with Crippen LogP contribution in [0, 0.1) is 13.8 Å². The van der Waals surface area contributed by atoms with E-state index in [0.29, 0.717) is 12.4 Å². The molecule has 21 heavy (non-hydrogen) atoms. The molecule has 4 N–H and O–H groups in total. The van der Waals surface area contributed by atoms with E-state index >= 15 is 0 Å². The molecule has 0 aliphatic carbocycles. The van der Waals surface area contributed by atoms with Crippen LogP contribution in [0.2, 0.25) is 0 Å². The van der Waals surface area contributed by atoms with Gasteiger partial charge in [0.1, 0.15) is 17.5 Å². The van der Waals surface area contributed by atoms with Crippen molar-refractivity contribution in [2.24, 2.45) is 5.84 Å². The molecule has 0 atom stereocenters. The van der Waals surface area contributed by atoms with Gasteiger partial charge in [-0.25, -0.2) is 15.8 Å². The molecular formula is C15H22N6. The summed E-state index contributed by atoms with van der Waals surface area (Å²) in [5.41, 5.74) is 5.88. The standard InChI is InChI=1S/C15H22N6/c1-9(2)13-19-14(11(4)15(20-13)21-16)18-8-12-7-17-6-5-10(12)3/h5-7,9H,8,16H2,1-4H3,(H2,18,19,20,21). The van der Waals surface area contributed by atoms with Gasteiger partial charge in [-0.1, -0.05) is 13.8 Å². The average molecular weight is 286 g/mol. The monoisotopic (exact) mass is 286 g/mol. The highest BCUT2D eigenvalue weighted by molar-refractivity contribution is 5.57. The molecule has 0 bridgehead atoms. The van der Waals surface area contributed by atoms with Gasteiger partial charge in [0, 0.05) is 30.4 Å². The first-order valence-corrected chi connectivity index (χ1v) is 7.01. The lowest BCUT2D eigenvalue weighted by Crippen LogP contribution is -2.15. The van der Waals surface area contributed by atoms with Crippen LogP contribution in [0.15, 0.2) is 18.5 Å². The Morgan fingerprint density at radius 1 is 1.19 bits per heavy atom. The number of aryl methyl sites for hydroxylation is 1. The van der Waals surface area contributed by atoms with E-state index in [0.717, 1.165) is 22.8 Å². The predicted octanol–water partition coefficient (Wildman–Crippen LogP) is 2.51. The molecule has 2 rings (SSSR count). The summed E-state index contributed by atoms with van der Waals surface area (Å²) >= 11 is 0. The Kier molecular flexibility index (Phi) is 4.70. The van der Waals surface area contributed by atoms with Gasteiger partial charge in [-0.2, -0.15) is 0 Å². The fourth-order valence-electron chi connectivity index (χ4n) is 1.97. The quantitative estimate of drug-likeness (QED) is 0.578. The number of nitrogens with two attached hydrogens (primary N) is 1. The van der Waals surface area contributed by atoms with Crippen LogP contribution in [0.5, 0.6) is 0 Å². The predicted molar refractivity (Wildman–Crippen MR) is 85.0 cm³/mol. The van der Waals surface area contributed by atoms with Crippen LogP contribution >= 0.6 is 0 Å². The zero-order valence-electron chi connectivity index (χ0n) is 12.9. The van der Waals surface area contributed by atoms with Crippen molar-refractivity contribution < 1.29 is 0 Å². The summed E-state index contributed by atoms with van der Waals surface area (Å²) in [7, 11) is 0. The third-order valence-corrected chi connectivity index (χ3v) is 3.41.